The fourth-order valence-corrected chi connectivity index (χ4v) is 7.63. The van der Waals surface area contributed by atoms with Crippen molar-refractivity contribution in [3.05, 3.63) is 16.7 Å². The molecular weight excluding hydrogens is 342 g/mol. The summed E-state index contributed by atoms with van der Waals surface area (Å²) in [7, 11) is -3.46. The fraction of sp³-hybridized carbons (Fsp3) is 0.583. The average Bonchev–Trinajstić information content (AvgIpc) is 2.26. The molecule has 0 saturated carbocycles. The summed E-state index contributed by atoms with van der Waals surface area (Å²) in [5, 5.41) is 1.42. The smallest absolute Gasteiger partial charge is 0.152 e. The summed E-state index contributed by atoms with van der Waals surface area (Å²) in [5.41, 5.74) is 0. The van der Waals surface area contributed by atoms with Crippen LogP contribution in [0.2, 0.25) is 18.1 Å². The van der Waals surface area contributed by atoms with E-state index in [0.29, 0.717) is 5.03 Å². The molecule has 7 heteroatoms. The normalized spacial score (nSPS) is 16.2. The molecule has 1 aromatic heterocycles. The van der Waals surface area contributed by atoms with Crippen LogP contribution in [0.5, 0.6) is 0 Å². The Morgan fingerprint density at radius 3 is 2.37 bits per heavy atom. The van der Waals surface area contributed by atoms with E-state index in [1.54, 1.807) is 6.20 Å². The summed E-state index contributed by atoms with van der Waals surface area (Å²) in [4.78, 5) is 4.24. The minimum absolute atomic E-state index is 0.0799. The molecule has 108 valence electrons. The summed E-state index contributed by atoms with van der Waals surface area (Å²) in [5.74, 6) is 0. The van der Waals surface area contributed by atoms with Crippen molar-refractivity contribution in [2.45, 2.75) is 43.9 Å². The van der Waals surface area contributed by atoms with Crippen LogP contribution in [0.15, 0.2) is 21.8 Å². The summed E-state index contributed by atoms with van der Waals surface area (Å²) in [6, 6.07) is 1.87. The van der Waals surface area contributed by atoms with Crippen LogP contribution in [-0.2, 0) is 9.92 Å². The van der Waals surface area contributed by atoms with Crippen LogP contribution in [-0.4, -0.2) is 24.3 Å². The third-order valence-electron chi connectivity index (χ3n) is 3.93. The lowest BCUT2D eigenvalue weighted by molar-refractivity contribution is 0.665. The fourth-order valence-electron chi connectivity index (χ4n) is 1.68. The molecule has 1 rings (SSSR count). The Bertz CT molecular complexity index is 579. The molecule has 0 aliphatic heterocycles. The Hall–Kier alpha value is -0.243. The number of nitrogens with zero attached hydrogens (tertiary/aromatic N) is 1. The first-order chi connectivity index (χ1) is 8.45. The third kappa shape index (κ3) is 3.09. The minimum Gasteiger partial charge on any atom is -0.245 e. The lowest BCUT2D eigenvalue weighted by Gasteiger charge is -2.38. The van der Waals surface area contributed by atoms with E-state index in [1.807, 2.05) is 6.07 Å². The molecule has 19 heavy (non-hydrogen) atoms. The molecule has 0 aromatic carbocycles. The second-order valence-electron chi connectivity index (χ2n) is 6.11. The minimum atomic E-state index is -3.05. The van der Waals surface area contributed by atoms with Crippen molar-refractivity contribution in [2.24, 2.45) is 0 Å². The van der Waals surface area contributed by atoms with Crippen LogP contribution in [0.25, 0.3) is 0 Å². The maximum Gasteiger partial charge on any atom is 0.152 e. The zero-order chi connectivity index (χ0) is 15.1. The molecule has 0 radical (unpaired) electrons. The predicted octanol–water partition coefficient (Wildman–Crippen LogP) is 3.10. The molecular formula is C12H22BrN3OSSi. The van der Waals surface area contributed by atoms with Gasteiger partial charge in [0.25, 0.3) is 0 Å². The van der Waals surface area contributed by atoms with E-state index in [9.17, 15) is 4.21 Å². The lowest BCUT2D eigenvalue weighted by Crippen LogP contribution is -2.52. The number of halogens is 1. The van der Waals surface area contributed by atoms with E-state index in [-0.39, 0.29) is 5.04 Å². The largest absolute Gasteiger partial charge is 0.245 e. The van der Waals surface area contributed by atoms with Gasteiger partial charge in [-0.25, -0.2) is 18.7 Å². The second kappa shape index (κ2) is 5.27. The van der Waals surface area contributed by atoms with Crippen LogP contribution in [0, 0.1) is 4.78 Å². The van der Waals surface area contributed by atoms with Crippen LogP contribution >= 0.6 is 15.9 Å². The molecule has 0 spiro atoms. The maximum absolute atomic E-state index is 12.4. The zero-order valence-corrected chi connectivity index (χ0v) is 15.7. The molecule has 4 nitrogen and oxygen atoms in total. The molecule has 1 unspecified atom stereocenters. The second-order valence-corrected chi connectivity index (χ2v) is 14.1. The highest BCUT2D eigenvalue weighted by molar-refractivity contribution is 9.10. The van der Waals surface area contributed by atoms with Crippen LogP contribution in [0.4, 0.5) is 0 Å². The van der Waals surface area contributed by atoms with E-state index in [4.69, 9.17) is 4.78 Å². The number of aromatic nitrogens is 1. The SMILES string of the molecule is CNS(=N)(=O)c1nccc(Br)c1[Si](C)(C)C(C)(C)C. The van der Waals surface area contributed by atoms with E-state index >= 15 is 0 Å². The van der Waals surface area contributed by atoms with Gasteiger partial charge in [0.1, 0.15) is 0 Å². The Labute approximate surface area is 125 Å². The van der Waals surface area contributed by atoms with Crippen molar-refractivity contribution in [1.29, 1.82) is 4.78 Å². The average molecular weight is 364 g/mol. The summed E-state index contributed by atoms with van der Waals surface area (Å²) in [6.45, 7) is 11.0. The van der Waals surface area contributed by atoms with Crippen molar-refractivity contribution < 1.29 is 4.21 Å². The van der Waals surface area contributed by atoms with E-state index in [0.717, 1.165) is 9.66 Å². The molecule has 0 fully saturated rings. The zero-order valence-electron chi connectivity index (χ0n) is 12.3. The lowest BCUT2D eigenvalue weighted by atomic mass is 10.2. The number of pyridine rings is 1. The van der Waals surface area contributed by atoms with Crippen molar-refractivity contribution in [2.75, 3.05) is 7.05 Å². The van der Waals surface area contributed by atoms with Gasteiger partial charge in [-0.3, -0.25) is 0 Å². The molecule has 0 aliphatic carbocycles. The monoisotopic (exact) mass is 363 g/mol. The van der Waals surface area contributed by atoms with Crippen LogP contribution in [0.3, 0.4) is 0 Å². The van der Waals surface area contributed by atoms with Crippen molar-refractivity contribution in [3.8, 4) is 0 Å². The van der Waals surface area contributed by atoms with Crippen LogP contribution < -0.4 is 9.91 Å². The molecule has 0 bridgehead atoms. The highest BCUT2D eigenvalue weighted by atomic mass is 79.9. The predicted molar refractivity (Wildman–Crippen MR) is 87.0 cm³/mol. The van der Waals surface area contributed by atoms with Crippen LogP contribution in [0.1, 0.15) is 20.8 Å². The molecule has 0 saturated heterocycles. The number of hydrogen-bond donors (Lipinski definition) is 2. The van der Waals surface area contributed by atoms with Gasteiger partial charge >= 0.3 is 0 Å². The first kappa shape index (κ1) is 16.8. The topological polar surface area (TPSA) is 65.8 Å². The number of nitrogens with one attached hydrogen (secondary N) is 2. The van der Waals surface area contributed by atoms with E-state index in [2.05, 4.69) is 59.5 Å². The van der Waals surface area contributed by atoms with Crippen molar-refractivity contribution in [1.82, 2.24) is 9.71 Å². The van der Waals surface area contributed by atoms with Gasteiger partial charge in [0, 0.05) is 10.7 Å². The maximum atomic E-state index is 12.4. The Balaban J connectivity index is 3.70. The standard InChI is InChI=1S/C12H22BrN3OSSi/c1-12(2,3)19(5,6)10-9(13)7-8-16-11(10)18(14,17)15-4/h7-8H,1-6H3,(H2,14,15,17). The first-order valence-corrected chi connectivity index (χ1v) is 11.4. The highest BCUT2D eigenvalue weighted by Crippen LogP contribution is 2.37. The Morgan fingerprint density at radius 1 is 1.42 bits per heavy atom. The van der Waals surface area contributed by atoms with Gasteiger partial charge in [-0.2, -0.15) is 0 Å². The summed E-state index contributed by atoms with van der Waals surface area (Å²) in [6.07, 6.45) is 1.60. The molecule has 2 N–H and O–H groups in total. The molecule has 1 heterocycles. The summed E-state index contributed by atoms with van der Waals surface area (Å²) < 4.78 is 23.9. The van der Waals surface area contributed by atoms with Gasteiger partial charge in [0.2, 0.25) is 0 Å². The van der Waals surface area contributed by atoms with Crippen molar-refractivity contribution >= 4 is 39.1 Å². The van der Waals surface area contributed by atoms with E-state index in [1.165, 1.54) is 7.05 Å². The molecule has 1 atom stereocenters. The van der Waals surface area contributed by atoms with Gasteiger partial charge in [0.15, 0.2) is 14.9 Å². The highest BCUT2D eigenvalue weighted by Gasteiger charge is 2.41. The first-order valence-electron chi connectivity index (χ1n) is 6.07. The number of rotatable bonds is 3. The molecule has 0 aliphatic rings. The van der Waals surface area contributed by atoms with Gasteiger partial charge in [-0.1, -0.05) is 49.8 Å². The van der Waals surface area contributed by atoms with Gasteiger partial charge < -0.3 is 0 Å². The third-order valence-corrected chi connectivity index (χ3v) is 12.1. The molecule has 0 amide bonds. The van der Waals surface area contributed by atoms with Gasteiger partial charge in [-0.15, -0.1) is 0 Å². The Kier molecular flexibility index (Phi) is 4.66. The summed E-state index contributed by atoms with van der Waals surface area (Å²) >= 11 is 3.56. The quantitative estimate of drug-likeness (QED) is 0.810. The van der Waals surface area contributed by atoms with Crippen molar-refractivity contribution in [3.63, 3.8) is 0 Å². The Morgan fingerprint density at radius 2 is 1.95 bits per heavy atom. The number of hydrogen-bond acceptors (Lipinski definition) is 3. The molecule has 1 aromatic rings. The van der Waals surface area contributed by atoms with Gasteiger partial charge in [-0.05, 0) is 23.3 Å². The van der Waals surface area contributed by atoms with Gasteiger partial charge in [0.05, 0.1) is 8.07 Å². The van der Waals surface area contributed by atoms with E-state index < -0.39 is 18.0 Å².